The van der Waals surface area contributed by atoms with Crippen molar-refractivity contribution in [2.75, 3.05) is 0 Å². The lowest BCUT2D eigenvalue weighted by Crippen LogP contribution is -2.49. The van der Waals surface area contributed by atoms with E-state index in [1.54, 1.807) is 32.9 Å². The summed E-state index contributed by atoms with van der Waals surface area (Å²) in [6.07, 6.45) is 0.0360. The molecule has 1 aromatic rings. The van der Waals surface area contributed by atoms with Crippen LogP contribution < -0.4 is 5.32 Å². The molecule has 1 atom stereocenters. The highest BCUT2D eigenvalue weighted by Gasteiger charge is 2.32. The Kier molecular flexibility index (Phi) is 4.53. The summed E-state index contributed by atoms with van der Waals surface area (Å²) in [5, 5.41) is 20.9. The van der Waals surface area contributed by atoms with E-state index in [2.05, 4.69) is 5.32 Å². The maximum atomic E-state index is 11.8. The normalized spacial score (nSPS) is 12.8. The lowest BCUT2D eigenvalue weighted by Gasteiger charge is -2.27. The smallest absolute Gasteiger partial charge is 0.326 e. The molecule has 0 spiro atoms. The van der Waals surface area contributed by atoms with Gasteiger partial charge >= 0.3 is 5.97 Å². The van der Waals surface area contributed by atoms with Crippen LogP contribution in [0.5, 0.6) is 5.75 Å². The third-order valence-electron chi connectivity index (χ3n) is 2.69. The molecular weight excluding hydrogens is 246 g/mol. The van der Waals surface area contributed by atoms with Crippen LogP contribution in [0.2, 0.25) is 0 Å². The molecule has 0 fully saturated rings. The molecule has 19 heavy (non-hydrogen) atoms. The summed E-state index contributed by atoms with van der Waals surface area (Å²) in [5.74, 6) is -1.36. The van der Waals surface area contributed by atoms with Crippen LogP contribution in [-0.4, -0.2) is 28.1 Å². The van der Waals surface area contributed by atoms with Gasteiger partial charge in [-0.3, -0.25) is 4.79 Å². The summed E-state index contributed by atoms with van der Waals surface area (Å²) in [6.45, 7) is 5.25. The van der Waals surface area contributed by atoms with Crippen molar-refractivity contribution in [3.63, 3.8) is 0 Å². The fraction of sp³-hybridized carbons (Fsp3) is 0.429. The van der Waals surface area contributed by atoms with Gasteiger partial charge in [-0.25, -0.2) is 4.79 Å². The number of phenolic OH excluding ortho intramolecular Hbond substituents is 1. The summed E-state index contributed by atoms with van der Waals surface area (Å²) >= 11 is 0. The molecule has 1 amide bonds. The molecule has 0 aliphatic heterocycles. The summed E-state index contributed by atoms with van der Waals surface area (Å²) in [4.78, 5) is 23.0. The molecule has 0 unspecified atom stereocenters. The van der Waals surface area contributed by atoms with Crippen molar-refractivity contribution in [3.8, 4) is 5.75 Å². The lowest BCUT2D eigenvalue weighted by atomic mass is 9.86. The quantitative estimate of drug-likeness (QED) is 0.771. The third-order valence-corrected chi connectivity index (χ3v) is 2.69. The number of aromatic hydroxyl groups is 1. The fourth-order valence-corrected chi connectivity index (χ4v) is 1.71. The average Bonchev–Trinajstić information content (AvgIpc) is 2.24. The number of benzene rings is 1. The van der Waals surface area contributed by atoms with E-state index in [0.717, 1.165) is 0 Å². The van der Waals surface area contributed by atoms with Crippen molar-refractivity contribution in [1.82, 2.24) is 5.32 Å². The van der Waals surface area contributed by atoms with Gasteiger partial charge in [0.05, 0.1) is 6.42 Å². The van der Waals surface area contributed by atoms with E-state index in [-0.39, 0.29) is 18.1 Å². The van der Waals surface area contributed by atoms with Crippen LogP contribution in [0.15, 0.2) is 24.3 Å². The highest BCUT2D eigenvalue weighted by molar-refractivity contribution is 5.85. The number of amides is 1. The Labute approximate surface area is 112 Å². The van der Waals surface area contributed by atoms with Crippen LogP contribution in [0.1, 0.15) is 26.3 Å². The molecular formula is C14H19NO4. The van der Waals surface area contributed by atoms with Crippen LogP contribution in [0.3, 0.4) is 0 Å². The molecule has 1 rings (SSSR count). The average molecular weight is 265 g/mol. The minimum atomic E-state index is -1.06. The second kappa shape index (κ2) is 5.73. The summed E-state index contributed by atoms with van der Waals surface area (Å²) in [5.41, 5.74) is 0.0656. The molecule has 0 heterocycles. The molecule has 5 heteroatoms. The number of aliphatic carboxylic acids is 1. The number of hydrogen-bond donors (Lipinski definition) is 3. The molecule has 0 saturated heterocycles. The predicted molar refractivity (Wildman–Crippen MR) is 70.8 cm³/mol. The van der Waals surface area contributed by atoms with Crippen molar-refractivity contribution in [2.45, 2.75) is 33.2 Å². The standard InChI is InChI=1S/C14H19NO4/c1-14(2,3)12(13(18)19)15-11(17)8-9-5-4-6-10(16)7-9/h4-7,12,16H,8H2,1-3H3,(H,15,17)(H,18,19)/t12-/m0/s1. The van der Waals surface area contributed by atoms with Crippen molar-refractivity contribution in [2.24, 2.45) is 5.41 Å². The largest absolute Gasteiger partial charge is 0.508 e. The minimum Gasteiger partial charge on any atom is -0.508 e. The van der Waals surface area contributed by atoms with Crippen molar-refractivity contribution < 1.29 is 19.8 Å². The second-order valence-electron chi connectivity index (χ2n) is 5.55. The third kappa shape index (κ3) is 4.62. The zero-order valence-electron chi connectivity index (χ0n) is 11.3. The fourth-order valence-electron chi connectivity index (χ4n) is 1.71. The zero-order valence-corrected chi connectivity index (χ0v) is 11.3. The van der Waals surface area contributed by atoms with Crippen LogP contribution in [0.25, 0.3) is 0 Å². The summed E-state index contributed by atoms with van der Waals surface area (Å²) in [7, 11) is 0. The highest BCUT2D eigenvalue weighted by Crippen LogP contribution is 2.19. The van der Waals surface area contributed by atoms with Gasteiger partial charge in [-0.05, 0) is 23.1 Å². The van der Waals surface area contributed by atoms with Gasteiger partial charge in [0.15, 0.2) is 0 Å². The molecule has 0 radical (unpaired) electrons. The first-order valence-corrected chi connectivity index (χ1v) is 6.00. The van der Waals surface area contributed by atoms with Crippen LogP contribution >= 0.6 is 0 Å². The molecule has 104 valence electrons. The lowest BCUT2D eigenvalue weighted by molar-refractivity contribution is -0.144. The van der Waals surface area contributed by atoms with Gasteiger partial charge in [-0.1, -0.05) is 32.9 Å². The number of carboxylic acid groups (broad SMARTS) is 1. The molecule has 0 aliphatic carbocycles. The van der Waals surface area contributed by atoms with E-state index in [1.807, 2.05) is 0 Å². The molecule has 5 nitrogen and oxygen atoms in total. The SMILES string of the molecule is CC(C)(C)[C@@H](NC(=O)Cc1cccc(O)c1)C(=O)O. The summed E-state index contributed by atoms with van der Waals surface area (Å²) in [6, 6.07) is 5.38. The van der Waals surface area contributed by atoms with Gasteiger partial charge in [0.1, 0.15) is 11.8 Å². The molecule has 0 aromatic heterocycles. The van der Waals surface area contributed by atoms with Crippen LogP contribution in [0.4, 0.5) is 0 Å². The first-order valence-electron chi connectivity index (χ1n) is 6.00. The Morgan fingerprint density at radius 3 is 2.42 bits per heavy atom. The van der Waals surface area contributed by atoms with E-state index in [4.69, 9.17) is 5.11 Å². The van der Waals surface area contributed by atoms with Crippen molar-refractivity contribution in [1.29, 1.82) is 0 Å². The van der Waals surface area contributed by atoms with Gasteiger partial charge in [0, 0.05) is 0 Å². The van der Waals surface area contributed by atoms with Crippen molar-refractivity contribution in [3.05, 3.63) is 29.8 Å². The Morgan fingerprint density at radius 2 is 1.95 bits per heavy atom. The van der Waals surface area contributed by atoms with Crippen LogP contribution in [0, 0.1) is 5.41 Å². The molecule has 1 aromatic carbocycles. The van der Waals surface area contributed by atoms with Gasteiger partial charge in [-0.2, -0.15) is 0 Å². The first-order chi connectivity index (χ1) is 8.70. The predicted octanol–water partition coefficient (Wildman–Crippen LogP) is 1.55. The van der Waals surface area contributed by atoms with Crippen LogP contribution in [-0.2, 0) is 16.0 Å². The maximum absolute atomic E-state index is 11.8. The Balaban J connectivity index is 2.71. The second-order valence-corrected chi connectivity index (χ2v) is 5.55. The molecule has 3 N–H and O–H groups in total. The number of phenols is 1. The number of hydrogen-bond acceptors (Lipinski definition) is 3. The van der Waals surface area contributed by atoms with Gasteiger partial charge in [0.2, 0.25) is 5.91 Å². The van der Waals surface area contributed by atoms with E-state index in [9.17, 15) is 14.7 Å². The number of rotatable bonds is 4. The number of carbonyl (C=O) groups excluding carboxylic acids is 1. The molecule has 0 aliphatic rings. The van der Waals surface area contributed by atoms with E-state index in [1.165, 1.54) is 12.1 Å². The highest BCUT2D eigenvalue weighted by atomic mass is 16.4. The zero-order chi connectivity index (χ0) is 14.6. The van der Waals surface area contributed by atoms with Gasteiger partial charge in [0.25, 0.3) is 0 Å². The first kappa shape index (κ1) is 15.0. The monoisotopic (exact) mass is 265 g/mol. The van der Waals surface area contributed by atoms with Gasteiger partial charge < -0.3 is 15.5 Å². The number of carboxylic acids is 1. The minimum absolute atomic E-state index is 0.0360. The Morgan fingerprint density at radius 1 is 1.32 bits per heavy atom. The van der Waals surface area contributed by atoms with E-state index >= 15 is 0 Å². The molecule has 0 saturated carbocycles. The van der Waals surface area contributed by atoms with E-state index in [0.29, 0.717) is 5.56 Å². The summed E-state index contributed by atoms with van der Waals surface area (Å²) < 4.78 is 0. The number of carbonyl (C=O) groups is 2. The number of nitrogens with one attached hydrogen (secondary N) is 1. The topological polar surface area (TPSA) is 86.6 Å². The Hall–Kier alpha value is -2.04. The van der Waals surface area contributed by atoms with Crippen molar-refractivity contribution >= 4 is 11.9 Å². The van der Waals surface area contributed by atoms with Gasteiger partial charge in [-0.15, -0.1) is 0 Å². The Bertz CT molecular complexity index is 477. The van der Waals surface area contributed by atoms with E-state index < -0.39 is 17.4 Å². The maximum Gasteiger partial charge on any atom is 0.326 e. The molecule has 0 bridgehead atoms.